The molecule has 4 heteroatoms. The van der Waals surface area contributed by atoms with Crippen LogP contribution in [0.4, 0.5) is 5.69 Å². The van der Waals surface area contributed by atoms with Crippen LogP contribution in [0.2, 0.25) is 0 Å². The Morgan fingerprint density at radius 1 is 1.47 bits per heavy atom. The number of rotatable bonds is 5. The van der Waals surface area contributed by atoms with E-state index in [0.717, 1.165) is 23.4 Å². The molecule has 1 rings (SSSR count). The number of benzene rings is 1. The number of ether oxygens (including phenoxy) is 1. The molecule has 0 spiro atoms. The summed E-state index contributed by atoms with van der Waals surface area (Å²) >= 11 is 5.56. The molecule has 1 aromatic rings. The summed E-state index contributed by atoms with van der Waals surface area (Å²) in [4.78, 5) is 13.1. The van der Waals surface area contributed by atoms with Crippen LogP contribution >= 0.6 is 11.6 Å². The largest absolute Gasteiger partial charge is 0.491 e. The third-order valence-electron chi connectivity index (χ3n) is 2.43. The first-order valence-corrected chi connectivity index (χ1v) is 6.19. The molecule has 0 bridgehead atoms. The summed E-state index contributed by atoms with van der Waals surface area (Å²) in [6.45, 7) is 4.66. The lowest BCUT2D eigenvalue weighted by molar-refractivity contribution is -0.116. The summed E-state index contributed by atoms with van der Waals surface area (Å²) in [5.41, 5.74) is 1.85. The maximum absolute atomic E-state index is 11.6. The van der Waals surface area contributed by atoms with E-state index in [1.165, 1.54) is 4.90 Å². The van der Waals surface area contributed by atoms with Crippen LogP contribution in [-0.4, -0.2) is 25.4 Å². The molecule has 0 unspecified atom stereocenters. The highest BCUT2D eigenvalue weighted by Gasteiger charge is 2.14. The van der Waals surface area contributed by atoms with Crippen molar-refractivity contribution in [1.82, 2.24) is 0 Å². The molecule has 0 N–H and O–H groups in total. The second-order valence-electron chi connectivity index (χ2n) is 3.91. The van der Waals surface area contributed by atoms with Gasteiger partial charge in [-0.25, -0.2) is 0 Å². The van der Waals surface area contributed by atoms with Gasteiger partial charge < -0.3 is 9.64 Å². The monoisotopic (exact) mass is 255 g/mol. The van der Waals surface area contributed by atoms with E-state index in [1.807, 2.05) is 32.0 Å². The van der Waals surface area contributed by atoms with Gasteiger partial charge in [0.15, 0.2) is 0 Å². The third kappa shape index (κ3) is 3.63. The van der Waals surface area contributed by atoms with Gasteiger partial charge in [0.25, 0.3) is 0 Å². The number of hydrogen-bond acceptors (Lipinski definition) is 2. The van der Waals surface area contributed by atoms with Gasteiger partial charge in [-0.05, 0) is 31.0 Å². The molecule has 0 atom stereocenters. The number of alkyl halides is 1. The molecular formula is C13H18ClNO2. The predicted molar refractivity (Wildman–Crippen MR) is 71.1 cm³/mol. The Kier molecular flexibility index (Phi) is 5.29. The van der Waals surface area contributed by atoms with Crippen molar-refractivity contribution >= 4 is 23.2 Å². The topological polar surface area (TPSA) is 29.5 Å². The van der Waals surface area contributed by atoms with Gasteiger partial charge in [-0.15, -0.1) is 11.6 Å². The quantitative estimate of drug-likeness (QED) is 0.757. The van der Waals surface area contributed by atoms with E-state index < -0.39 is 0 Å². The first kappa shape index (κ1) is 13.8. The SMILES string of the molecule is CCCOc1ccc(C)cc1N(C)C(=O)CCl. The maximum atomic E-state index is 11.6. The second-order valence-corrected chi connectivity index (χ2v) is 4.17. The molecule has 0 heterocycles. The molecule has 0 fully saturated rings. The minimum absolute atomic E-state index is 0.0301. The first-order valence-electron chi connectivity index (χ1n) is 5.66. The Balaban J connectivity index is 3.01. The van der Waals surface area contributed by atoms with Crippen molar-refractivity contribution in [3.63, 3.8) is 0 Å². The maximum Gasteiger partial charge on any atom is 0.241 e. The average Bonchev–Trinajstić information content (AvgIpc) is 2.35. The van der Waals surface area contributed by atoms with E-state index in [4.69, 9.17) is 16.3 Å². The fraction of sp³-hybridized carbons (Fsp3) is 0.462. The van der Waals surface area contributed by atoms with Crippen molar-refractivity contribution in [2.75, 3.05) is 24.4 Å². The lowest BCUT2D eigenvalue weighted by Gasteiger charge is -2.20. The number of halogens is 1. The van der Waals surface area contributed by atoms with Crippen molar-refractivity contribution < 1.29 is 9.53 Å². The Labute approximate surface area is 107 Å². The van der Waals surface area contributed by atoms with E-state index in [-0.39, 0.29) is 11.8 Å². The molecule has 17 heavy (non-hydrogen) atoms. The molecule has 0 aliphatic carbocycles. The summed E-state index contributed by atoms with van der Waals surface area (Å²) < 4.78 is 5.62. The van der Waals surface area contributed by atoms with Crippen LogP contribution in [-0.2, 0) is 4.79 Å². The van der Waals surface area contributed by atoms with Crippen LogP contribution < -0.4 is 9.64 Å². The Morgan fingerprint density at radius 2 is 2.18 bits per heavy atom. The summed E-state index contributed by atoms with van der Waals surface area (Å²) in [5.74, 6) is 0.550. The molecule has 0 saturated carbocycles. The van der Waals surface area contributed by atoms with E-state index in [1.54, 1.807) is 7.05 Å². The Bertz CT molecular complexity index is 393. The number of amides is 1. The molecule has 0 saturated heterocycles. The zero-order valence-corrected chi connectivity index (χ0v) is 11.3. The summed E-state index contributed by atoms with van der Waals surface area (Å²) in [5, 5.41) is 0. The highest BCUT2D eigenvalue weighted by Crippen LogP contribution is 2.29. The van der Waals surface area contributed by atoms with Crippen molar-refractivity contribution in [1.29, 1.82) is 0 Å². The zero-order valence-electron chi connectivity index (χ0n) is 10.5. The summed E-state index contributed by atoms with van der Waals surface area (Å²) in [6.07, 6.45) is 0.931. The summed E-state index contributed by atoms with van der Waals surface area (Å²) in [7, 11) is 1.71. The molecule has 94 valence electrons. The number of carbonyl (C=O) groups is 1. The van der Waals surface area contributed by atoms with Gasteiger partial charge in [-0.1, -0.05) is 13.0 Å². The standard InChI is InChI=1S/C13H18ClNO2/c1-4-7-17-12-6-5-10(2)8-11(12)15(3)13(16)9-14/h5-6,8H,4,7,9H2,1-3H3. The minimum atomic E-state index is -0.140. The van der Waals surface area contributed by atoms with Crippen LogP contribution in [0.25, 0.3) is 0 Å². The van der Waals surface area contributed by atoms with Gasteiger partial charge >= 0.3 is 0 Å². The molecule has 1 aromatic carbocycles. The molecular weight excluding hydrogens is 238 g/mol. The van der Waals surface area contributed by atoms with Gasteiger partial charge in [0.05, 0.1) is 12.3 Å². The lowest BCUT2D eigenvalue weighted by atomic mass is 10.2. The van der Waals surface area contributed by atoms with Crippen molar-refractivity contribution in [3.05, 3.63) is 23.8 Å². The van der Waals surface area contributed by atoms with Crippen LogP contribution in [0.1, 0.15) is 18.9 Å². The highest BCUT2D eigenvalue weighted by molar-refractivity contribution is 6.29. The van der Waals surface area contributed by atoms with Crippen molar-refractivity contribution in [2.45, 2.75) is 20.3 Å². The fourth-order valence-corrected chi connectivity index (χ4v) is 1.63. The smallest absolute Gasteiger partial charge is 0.241 e. The Hall–Kier alpha value is -1.22. The van der Waals surface area contributed by atoms with E-state index in [2.05, 4.69) is 0 Å². The van der Waals surface area contributed by atoms with E-state index >= 15 is 0 Å². The number of carbonyl (C=O) groups excluding carboxylic acids is 1. The van der Waals surface area contributed by atoms with Gasteiger partial charge in [-0.3, -0.25) is 4.79 Å². The number of nitrogens with zero attached hydrogens (tertiary/aromatic N) is 1. The third-order valence-corrected chi connectivity index (χ3v) is 2.65. The van der Waals surface area contributed by atoms with Crippen LogP contribution in [0.3, 0.4) is 0 Å². The molecule has 0 aliphatic rings. The molecule has 0 radical (unpaired) electrons. The molecule has 1 amide bonds. The molecule has 3 nitrogen and oxygen atoms in total. The highest BCUT2D eigenvalue weighted by atomic mass is 35.5. The minimum Gasteiger partial charge on any atom is -0.491 e. The van der Waals surface area contributed by atoms with Crippen LogP contribution in [0.5, 0.6) is 5.75 Å². The van der Waals surface area contributed by atoms with Gasteiger partial charge in [0.1, 0.15) is 11.6 Å². The van der Waals surface area contributed by atoms with E-state index in [0.29, 0.717) is 6.61 Å². The fourth-order valence-electron chi connectivity index (χ4n) is 1.45. The second kappa shape index (κ2) is 6.50. The van der Waals surface area contributed by atoms with Crippen LogP contribution in [0, 0.1) is 6.92 Å². The predicted octanol–water partition coefficient (Wildman–Crippen LogP) is 2.99. The number of anilines is 1. The first-order chi connectivity index (χ1) is 8.10. The van der Waals surface area contributed by atoms with E-state index in [9.17, 15) is 4.79 Å². The average molecular weight is 256 g/mol. The van der Waals surface area contributed by atoms with Gasteiger partial charge in [0.2, 0.25) is 5.91 Å². The molecule has 0 aromatic heterocycles. The number of hydrogen-bond donors (Lipinski definition) is 0. The van der Waals surface area contributed by atoms with Gasteiger partial charge in [-0.2, -0.15) is 0 Å². The number of aryl methyl sites for hydroxylation is 1. The zero-order chi connectivity index (χ0) is 12.8. The normalized spacial score (nSPS) is 10.1. The molecule has 0 aliphatic heterocycles. The van der Waals surface area contributed by atoms with Gasteiger partial charge in [0, 0.05) is 7.05 Å². The van der Waals surface area contributed by atoms with Crippen molar-refractivity contribution in [2.24, 2.45) is 0 Å². The summed E-state index contributed by atoms with van der Waals surface area (Å²) in [6, 6.07) is 5.78. The van der Waals surface area contributed by atoms with Crippen molar-refractivity contribution in [3.8, 4) is 5.75 Å². The van der Waals surface area contributed by atoms with Crippen LogP contribution in [0.15, 0.2) is 18.2 Å². The Morgan fingerprint density at radius 3 is 2.76 bits per heavy atom. The lowest BCUT2D eigenvalue weighted by Crippen LogP contribution is -2.27.